The third-order valence-corrected chi connectivity index (χ3v) is 3.26. The van der Waals surface area contributed by atoms with Crippen molar-refractivity contribution in [1.29, 1.82) is 0 Å². The monoisotopic (exact) mass is 250 g/mol. The Balaban J connectivity index is 2.61. The number of rotatable bonds is 3. The maximum Gasteiger partial charge on any atom is 0.523 e. The Labute approximate surface area is 105 Å². The topological polar surface area (TPSA) is 76.0 Å². The summed E-state index contributed by atoms with van der Waals surface area (Å²) in [5.41, 5.74) is 0.799. The molecule has 1 aliphatic heterocycles. The molecule has 5 nitrogen and oxygen atoms in total. The van der Waals surface area contributed by atoms with Crippen LogP contribution >= 0.6 is 0 Å². The third-order valence-electron chi connectivity index (χ3n) is 3.26. The molecule has 96 valence electrons. The Morgan fingerprint density at radius 2 is 2.33 bits per heavy atom. The summed E-state index contributed by atoms with van der Waals surface area (Å²) in [7, 11) is 0.442. The lowest BCUT2D eigenvalue weighted by Crippen LogP contribution is -2.30. The number of hydrogen-bond acceptors (Lipinski definition) is 4. The van der Waals surface area contributed by atoms with Crippen molar-refractivity contribution in [1.82, 2.24) is 0 Å². The first-order valence-corrected chi connectivity index (χ1v) is 5.87. The highest BCUT2D eigenvalue weighted by Crippen LogP contribution is 2.42. The van der Waals surface area contributed by atoms with Crippen molar-refractivity contribution in [3.8, 4) is 11.5 Å². The summed E-state index contributed by atoms with van der Waals surface area (Å²) in [6.45, 7) is 2.00. The van der Waals surface area contributed by atoms with E-state index >= 15 is 0 Å². The van der Waals surface area contributed by atoms with Gasteiger partial charge in [0, 0.05) is 6.32 Å². The van der Waals surface area contributed by atoms with E-state index in [-0.39, 0.29) is 23.0 Å². The van der Waals surface area contributed by atoms with E-state index in [1.54, 1.807) is 12.1 Å². The van der Waals surface area contributed by atoms with Crippen LogP contribution < -0.4 is 9.39 Å². The summed E-state index contributed by atoms with van der Waals surface area (Å²) in [6, 6.07) is 3.44. The summed E-state index contributed by atoms with van der Waals surface area (Å²) in [5, 5.41) is 18.9. The average Bonchev–Trinajstić information content (AvgIpc) is 2.35. The van der Waals surface area contributed by atoms with Gasteiger partial charge in [0.05, 0.1) is 7.11 Å². The van der Waals surface area contributed by atoms with Gasteiger partial charge >= 0.3 is 13.1 Å². The van der Waals surface area contributed by atoms with Crippen LogP contribution in [0.25, 0.3) is 0 Å². The van der Waals surface area contributed by atoms with Crippen LogP contribution in [0.1, 0.15) is 35.2 Å². The van der Waals surface area contributed by atoms with Gasteiger partial charge in [0.2, 0.25) is 0 Å². The molecule has 1 aromatic rings. The lowest BCUT2D eigenvalue weighted by atomic mass is 9.70. The average molecular weight is 250 g/mol. The Morgan fingerprint density at radius 1 is 1.61 bits per heavy atom. The standard InChI is InChI=1S/C12H15BO5/c1-3-7-6-13(16)18-11-8(7)4-5-9(17-2)10(11)12(14)15/h4-5,7,16H,3,6H2,1-2H3,(H,14,15). The number of aromatic carboxylic acids is 1. The molecular formula is C12H15BO5. The zero-order valence-corrected chi connectivity index (χ0v) is 10.3. The van der Waals surface area contributed by atoms with Crippen molar-refractivity contribution in [2.24, 2.45) is 0 Å². The molecule has 0 aliphatic carbocycles. The van der Waals surface area contributed by atoms with E-state index in [0.29, 0.717) is 6.32 Å². The molecule has 0 saturated carbocycles. The quantitative estimate of drug-likeness (QED) is 0.799. The molecule has 0 fully saturated rings. The minimum absolute atomic E-state index is 0.0211. The van der Waals surface area contributed by atoms with Crippen LogP contribution in [-0.2, 0) is 0 Å². The van der Waals surface area contributed by atoms with Crippen molar-refractivity contribution in [3.05, 3.63) is 23.3 Å². The van der Waals surface area contributed by atoms with Crippen molar-refractivity contribution in [3.63, 3.8) is 0 Å². The highest BCUT2D eigenvalue weighted by Gasteiger charge is 2.34. The molecule has 1 aromatic carbocycles. The molecule has 18 heavy (non-hydrogen) atoms. The minimum atomic E-state index is -1.12. The lowest BCUT2D eigenvalue weighted by Gasteiger charge is -2.28. The molecule has 1 aliphatic rings. The molecular weight excluding hydrogens is 235 g/mol. The van der Waals surface area contributed by atoms with Gasteiger partial charge in [0.15, 0.2) is 0 Å². The highest BCUT2D eigenvalue weighted by molar-refractivity contribution is 6.44. The Kier molecular flexibility index (Phi) is 3.47. The normalized spacial score (nSPS) is 17.9. The second-order valence-electron chi connectivity index (χ2n) is 4.28. The second-order valence-corrected chi connectivity index (χ2v) is 4.28. The Hall–Kier alpha value is -1.69. The smallest absolute Gasteiger partial charge is 0.523 e. The van der Waals surface area contributed by atoms with E-state index in [1.807, 2.05) is 6.92 Å². The first-order chi connectivity index (χ1) is 8.58. The van der Waals surface area contributed by atoms with Crippen LogP contribution in [0.2, 0.25) is 6.32 Å². The van der Waals surface area contributed by atoms with E-state index < -0.39 is 13.1 Å². The van der Waals surface area contributed by atoms with Crippen molar-refractivity contribution in [2.45, 2.75) is 25.6 Å². The van der Waals surface area contributed by atoms with Crippen LogP contribution in [0.4, 0.5) is 0 Å². The van der Waals surface area contributed by atoms with E-state index in [0.717, 1.165) is 12.0 Å². The number of fused-ring (bicyclic) bond motifs is 1. The summed E-state index contributed by atoms with van der Waals surface area (Å²) in [5.74, 6) is -0.543. The fraction of sp³-hybridized carbons (Fsp3) is 0.417. The molecule has 0 amide bonds. The largest absolute Gasteiger partial charge is 0.535 e. The predicted molar refractivity (Wildman–Crippen MR) is 66.4 cm³/mol. The van der Waals surface area contributed by atoms with Crippen LogP contribution in [0, 0.1) is 0 Å². The summed E-state index contributed by atoms with van der Waals surface area (Å²) in [6.07, 6.45) is 1.30. The maximum atomic E-state index is 11.3. The molecule has 1 heterocycles. The first kappa shape index (κ1) is 12.8. The number of ether oxygens (including phenoxy) is 1. The molecule has 0 aromatic heterocycles. The zero-order chi connectivity index (χ0) is 13.3. The van der Waals surface area contributed by atoms with E-state index in [9.17, 15) is 14.9 Å². The number of carbonyl (C=O) groups is 1. The van der Waals surface area contributed by atoms with Gasteiger partial charge < -0.3 is 19.5 Å². The summed E-state index contributed by atoms with van der Waals surface area (Å²) < 4.78 is 10.3. The third kappa shape index (κ3) is 2.03. The van der Waals surface area contributed by atoms with Crippen LogP contribution in [0.3, 0.4) is 0 Å². The SMILES string of the molecule is CCC1CB(O)Oc2c1ccc(OC)c2C(=O)O. The van der Waals surface area contributed by atoms with Crippen molar-refractivity contribution >= 4 is 13.1 Å². The first-order valence-electron chi connectivity index (χ1n) is 5.87. The van der Waals surface area contributed by atoms with Gasteiger partial charge in [-0.15, -0.1) is 0 Å². The van der Waals surface area contributed by atoms with Crippen molar-refractivity contribution in [2.75, 3.05) is 7.11 Å². The maximum absolute atomic E-state index is 11.3. The van der Waals surface area contributed by atoms with Gasteiger partial charge in [0.1, 0.15) is 17.1 Å². The van der Waals surface area contributed by atoms with E-state index in [4.69, 9.17) is 9.39 Å². The molecule has 0 spiro atoms. The number of carboxylic acids is 1. The number of hydrogen-bond donors (Lipinski definition) is 2. The minimum Gasteiger partial charge on any atom is -0.535 e. The van der Waals surface area contributed by atoms with Gasteiger partial charge in [-0.2, -0.15) is 0 Å². The molecule has 6 heteroatoms. The molecule has 1 unspecified atom stereocenters. The van der Waals surface area contributed by atoms with Gasteiger partial charge in [-0.1, -0.05) is 13.0 Å². The van der Waals surface area contributed by atoms with Gasteiger partial charge in [0.25, 0.3) is 0 Å². The Bertz CT molecular complexity index is 474. The zero-order valence-electron chi connectivity index (χ0n) is 10.3. The predicted octanol–water partition coefficient (Wildman–Crippen LogP) is 1.76. The van der Waals surface area contributed by atoms with Crippen LogP contribution in [-0.4, -0.2) is 30.3 Å². The summed E-state index contributed by atoms with van der Waals surface area (Å²) >= 11 is 0. The van der Waals surface area contributed by atoms with Gasteiger partial charge in [-0.3, -0.25) is 0 Å². The molecule has 1 atom stereocenters. The fourth-order valence-corrected chi connectivity index (χ4v) is 2.34. The lowest BCUT2D eigenvalue weighted by molar-refractivity contribution is 0.0690. The summed E-state index contributed by atoms with van der Waals surface area (Å²) in [4.78, 5) is 11.3. The second kappa shape index (κ2) is 4.90. The number of methoxy groups -OCH3 is 1. The molecule has 0 saturated heterocycles. The van der Waals surface area contributed by atoms with Crippen LogP contribution in [0.5, 0.6) is 11.5 Å². The van der Waals surface area contributed by atoms with Crippen LogP contribution in [0.15, 0.2) is 12.1 Å². The fourth-order valence-electron chi connectivity index (χ4n) is 2.34. The Morgan fingerprint density at radius 3 is 2.89 bits per heavy atom. The van der Waals surface area contributed by atoms with E-state index in [1.165, 1.54) is 7.11 Å². The molecule has 2 N–H and O–H groups in total. The van der Waals surface area contributed by atoms with Gasteiger partial charge in [-0.25, -0.2) is 4.79 Å². The number of carboxylic acid groups (broad SMARTS) is 1. The highest BCUT2D eigenvalue weighted by atomic mass is 16.5. The molecule has 0 radical (unpaired) electrons. The van der Waals surface area contributed by atoms with Gasteiger partial charge in [-0.05, 0) is 24.0 Å². The van der Waals surface area contributed by atoms with E-state index in [2.05, 4.69) is 0 Å². The number of benzene rings is 1. The molecule has 2 rings (SSSR count). The molecule has 0 bridgehead atoms. The van der Waals surface area contributed by atoms with Crippen molar-refractivity contribution < 1.29 is 24.3 Å².